The monoisotopic (exact) mass is 287 g/mol. The van der Waals surface area contributed by atoms with Crippen molar-refractivity contribution in [3.8, 4) is 0 Å². The third-order valence-corrected chi connectivity index (χ3v) is 3.46. The fourth-order valence-electron chi connectivity index (χ4n) is 1.91. The Hall–Kier alpha value is -1.80. The van der Waals surface area contributed by atoms with Gasteiger partial charge in [-0.25, -0.2) is 0 Å². The first kappa shape index (κ1) is 14.6. The van der Waals surface area contributed by atoms with E-state index in [4.69, 9.17) is 11.6 Å². The molecular formula is C17H18ClNO. The average molecular weight is 288 g/mol. The first-order chi connectivity index (χ1) is 9.67. The van der Waals surface area contributed by atoms with Crippen molar-refractivity contribution in [2.75, 3.05) is 5.32 Å². The lowest BCUT2D eigenvalue weighted by atomic mass is 10.1. The Morgan fingerprint density at radius 2 is 1.60 bits per heavy atom. The largest absolute Gasteiger partial charge is 0.326 e. The number of aryl methyl sites for hydroxylation is 2. The number of halogens is 1. The predicted molar refractivity (Wildman–Crippen MR) is 84.1 cm³/mol. The highest BCUT2D eigenvalue weighted by Gasteiger charge is 2.03. The summed E-state index contributed by atoms with van der Waals surface area (Å²) in [5, 5.41) is 2.89. The molecule has 1 amide bonds. The van der Waals surface area contributed by atoms with Crippen molar-refractivity contribution in [1.82, 2.24) is 0 Å². The van der Waals surface area contributed by atoms with E-state index in [9.17, 15) is 4.79 Å². The zero-order chi connectivity index (χ0) is 14.4. The summed E-state index contributed by atoms with van der Waals surface area (Å²) in [6.45, 7) is 2.06. The Bertz CT molecular complexity index is 561. The Balaban J connectivity index is 1.84. The third kappa shape index (κ3) is 4.39. The molecule has 1 N–H and O–H groups in total. The maximum absolute atomic E-state index is 11.9. The van der Waals surface area contributed by atoms with Gasteiger partial charge < -0.3 is 5.32 Å². The molecule has 2 aromatic rings. The molecule has 0 atom stereocenters. The van der Waals surface area contributed by atoms with Gasteiger partial charge in [0.15, 0.2) is 0 Å². The number of amides is 1. The van der Waals surface area contributed by atoms with E-state index in [2.05, 4.69) is 36.5 Å². The van der Waals surface area contributed by atoms with E-state index in [1.807, 2.05) is 24.3 Å². The molecule has 2 aromatic carbocycles. The Labute approximate surface area is 124 Å². The molecule has 0 aliphatic rings. The number of hydrogen-bond donors (Lipinski definition) is 1. The van der Waals surface area contributed by atoms with Crippen LogP contribution in [0.1, 0.15) is 23.1 Å². The topological polar surface area (TPSA) is 29.1 Å². The fourth-order valence-corrected chi connectivity index (χ4v) is 2.09. The third-order valence-electron chi connectivity index (χ3n) is 3.15. The van der Waals surface area contributed by atoms with Crippen LogP contribution in [0.15, 0.2) is 48.5 Å². The van der Waals surface area contributed by atoms with E-state index in [1.54, 1.807) is 0 Å². The van der Waals surface area contributed by atoms with Gasteiger partial charge in [0.25, 0.3) is 0 Å². The summed E-state index contributed by atoms with van der Waals surface area (Å²) in [5.41, 5.74) is 4.28. The van der Waals surface area contributed by atoms with Crippen LogP contribution in [-0.2, 0) is 17.1 Å². The number of anilines is 1. The average Bonchev–Trinajstić information content (AvgIpc) is 2.47. The lowest BCUT2D eigenvalue weighted by Gasteiger charge is -2.06. The second kappa shape index (κ2) is 7.11. The van der Waals surface area contributed by atoms with Gasteiger partial charge in [-0.2, -0.15) is 0 Å². The molecule has 0 bridgehead atoms. The Morgan fingerprint density at radius 3 is 2.20 bits per heavy atom. The summed E-state index contributed by atoms with van der Waals surface area (Å²) < 4.78 is 0. The number of alkyl halides is 1. The van der Waals surface area contributed by atoms with Crippen molar-refractivity contribution >= 4 is 23.2 Å². The molecule has 0 saturated carbocycles. The molecule has 0 aliphatic heterocycles. The first-order valence-electron chi connectivity index (χ1n) is 6.67. The molecule has 0 aliphatic carbocycles. The van der Waals surface area contributed by atoms with Gasteiger partial charge in [-0.3, -0.25) is 4.79 Å². The molecule has 0 aromatic heterocycles. The van der Waals surface area contributed by atoms with Crippen LogP contribution in [0, 0.1) is 6.92 Å². The molecule has 0 heterocycles. The molecule has 2 nitrogen and oxygen atoms in total. The quantitative estimate of drug-likeness (QED) is 0.816. The second-order valence-corrected chi connectivity index (χ2v) is 5.13. The summed E-state index contributed by atoms with van der Waals surface area (Å²) in [7, 11) is 0. The van der Waals surface area contributed by atoms with Crippen LogP contribution in [0.2, 0.25) is 0 Å². The lowest BCUT2D eigenvalue weighted by Crippen LogP contribution is -2.12. The van der Waals surface area contributed by atoms with Crippen molar-refractivity contribution < 1.29 is 4.79 Å². The summed E-state index contributed by atoms with van der Waals surface area (Å²) >= 11 is 5.73. The highest BCUT2D eigenvalue weighted by atomic mass is 35.5. The van der Waals surface area contributed by atoms with Crippen molar-refractivity contribution in [2.45, 2.75) is 25.6 Å². The summed E-state index contributed by atoms with van der Waals surface area (Å²) in [5.74, 6) is 0.519. The van der Waals surface area contributed by atoms with Crippen LogP contribution in [0.5, 0.6) is 0 Å². The summed E-state index contributed by atoms with van der Waals surface area (Å²) in [6, 6.07) is 15.9. The van der Waals surface area contributed by atoms with Crippen LogP contribution >= 0.6 is 11.6 Å². The van der Waals surface area contributed by atoms with Crippen LogP contribution < -0.4 is 5.32 Å². The molecule has 0 fully saturated rings. The number of hydrogen-bond acceptors (Lipinski definition) is 1. The first-order valence-corrected chi connectivity index (χ1v) is 7.21. The number of benzene rings is 2. The van der Waals surface area contributed by atoms with E-state index in [0.29, 0.717) is 12.3 Å². The molecule has 0 spiro atoms. The maximum Gasteiger partial charge on any atom is 0.224 e. The number of carbonyl (C=O) groups excluding carboxylic acids is 1. The Kier molecular flexibility index (Phi) is 5.19. The molecule has 0 saturated heterocycles. The highest BCUT2D eigenvalue weighted by Crippen LogP contribution is 2.12. The van der Waals surface area contributed by atoms with Crippen LogP contribution in [-0.4, -0.2) is 5.91 Å². The van der Waals surface area contributed by atoms with Crippen molar-refractivity contribution in [1.29, 1.82) is 0 Å². The number of nitrogens with one attached hydrogen (secondary N) is 1. The molecular weight excluding hydrogens is 270 g/mol. The molecule has 0 radical (unpaired) electrons. The SMILES string of the molecule is Cc1ccc(CCC(=O)Nc2ccc(CCl)cc2)cc1. The fraction of sp³-hybridized carbons (Fsp3) is 0.235. The summed E-state index contributed by atoms with van der Waals surface area (Å²) in [6.07, 6.45) is 1.24. The molecule has 20 heavy (non-hydrogen) atoms. The number of carbonyl (C=O) groups is 1. The zero-order valence-corrected chi connectivity index (χ0v) is 12.3. The summed E-state index contributed by atoms with van der Waals surface area (Å²) in [4.78, 5) is 11.9. The molecule has 104 valence electrons. The minimum absolute atomic E-state index is 0.0317. The van der Waals surface area contributed by atoms with Gasteiger partial charge in [0.05, 0.1) is 0 Å². The van der Waals surface area contributed by atoms with Gasteiger partial charge in [-0.05, 0) is 36.6 Å². The normalized spacial score (nSPS) is 10.3. The second-order valence-electron chi connectivity index (χ2n) is 4.86. The van der Waals surface area contributed by atoms with Gasteiger partial charge in [0.2, 0.25) is 5.91 Å². The van der Waals surface area contributed by atoms with E-state index in [-0.39, 0.29) is 5.91 Å². The van der Waals surface area contributed by atoms with Crippen LogP contribution in [0.25, 0.3) is 0 Å². The van der Waals surface area contributed by atoms with E-state index in [0.717, 1.165) is 17.7 Å². The molecule has 0 unspecified atom stereocenters. The van der Waals surface area contributed by atoms with Gasteiger partial charge in [0, 0.05) is 18.0 Å². The zero-order valence-electron chi connectivity index (χ0n) is 11.5. The smallest absolute Gasteiger partial charge is 0.224 e. The minimum Gasteiger partial charge on any atom is -0.326 e. The standard InChI is InChI=1S/C17H18ClNO/c1-13-2-4-14(5-3-13)8-11-17(20)19-16-9-6-15(12-18)7-10-16/h2-7,9-10H,8,11-12H2,1H3,(H,19,20). The van der Waals surface area contributed by atoms with Crippen LogP contribution in [0.3, 0.4) is 0 Å². The van der Waals surface area contributed by atoms with Crippen LogP contribution in [0.4, 0.5) is 5.69 Å². The van der Waals surface area contributed by atoms with E-state index in [1.165, 1.54) is 11.1 Å². The molecule has 2 rings (SSSR count). The van der Waals surface area contributed by atoms with Crippen molar-refractivity contribution in [3.05, 3.63) is 65.2 Å². The number of rotatable bonds is 5. The van der Waals surface area contributed by atoms with E-state index >= 15 is 0 Å². The van der Waals surface area contributed by atoms with Gasteiger partial charge in [-0.15, -0.1) is 11.6 Å². The highest BCUT2D eigenvalue weighted by molar-refractivity contribution is 6.17. The van der Waals surface area contributed by atoms with Crippen molar-refractivity contribution in [2.24, 2.45) is 0 Å². The van der Waals surface area contributed by atoms with E-state index < -0.39 is 0 Å². The van der Waals surface area contributed by atoms with Gasteiger partial charge in [0.1, 0.15) is 0 Å². The molecule has 3 heteroatoms. The Morgan fingerprint density at radius 1 is 1.00 bits per heavy atom. The predicted octanol–water partition coefficient (Wildman–Crippen LogP) is 4.31. The lowest BCUT2D eigenvalue weighted by molar-refractivity contribution is -0.116. The van der Waals surface area contributed by atoms with Crippen molar-refractivity contribution in [3.63, 3.8) is 0 Å². The minimum atomic E-state index is 0.0317. The maximum atomic E-state index is 11.9. The van der Waals surface area contributed by atoms with Gasteiger partial charge in [-0.1, -0.05) is 42.0 Å². The van der Waals surface area contributed by atoms with Gasteiger partial charge >= 0.3 is 0 Å².